The smallest absolute Gasteiger partial charge is 0.350 e. The third kappa shape index (κ3) is 3.38. The lowest BCUT2D eigenvalue weighted by Gasteiger charge is -2.29. The van der Waals surface area contributed by atoms with Crippen molar-refractivity contribution in [2.45, 2.75) is 19.6 Å². The number of esters is 2. The van der Waals surface area contributed by atoms with Crippen molar-refractivity contribution >= 4 is 33.6 Å². The van der Waals surface area contributed by atoms with Crippen LogP contribution in [0.1, 0.15) is 13.8 Å². The van der Waals surface area contributed by atoms with Crippen LogP contribution < -0.4 is 5.32 Å². The predicted molar refractivity (Wildman–Crippen MR) is 72.0 cm³/mol. The van der Waals surface area contributed by atoms with Crippen LogP contribution in [0.4, 0.5) is 14.5 Å². The molecule has 1 heterocycles. The first-order valence-corrected chi connectivity index (χ1v) is 6.57. The normalized spacial score (nSPS) is 17.1. The average Bonchev–Trinajstić information content (AvgIpc) is 2.32. The minimum absolute atomic E-state index is 0.00503. The van der Waals surface area contributed by atoms with Gasteiger partial charge in [0.25, 0.3) is 5.79 Å². The van der Waals surface area contributed by atoms with Crippen molar-refractivity contribution in [3.05, 3.63) is 40.0 Å². The lowest BCUT2D eigenvalue weighted by atomic mass is 10.2. The van der Waals surface area contributed by atoms with Crippen molar-refractivity contribution in [2.24, 2.45) is 0 Å². The van der Waals surface area contributed by atoms with Crippen molar-refractivity contribution in [2.75, 3.05) is 5.32 Å². The molecule has 0 aromatic heterocycles. The van der Waals surface area contributed by atoms with Crippen molar-refractivity contribution in [1.29, 1.82) is 0 Å². The Bertz CT molecular complexity index is 636. The fourth-order valence-corrected chi connectivity index (χ4v) is 1.93. The SMILES string of the molecule is CC1(C)OC(=O)C(=CNc2cc(F)cc(F)c2Br)C(=O)O1. The quantitative estimate of drug-likeness (QED) is 0.379. The van der Waals surface area contributed by atoms with Crippen molar-refractivity contribution in [3.8, 4) is 0 Å². The Morgan fingerprint density at radius 3 is 2.33 bits per heavy atom. The standard InChI is InChI=1S/C13H10BrF2NO4/c1-13(2)20-11(18)7(12(19)21-13)5-17-9-4-6(15)3-8(16)10(9)14/h3-5,17H,1-2H3. The number of hydrogen-bond donors (Lipinski definition) is 1. The van der Waals surface area contributed by atoms with Gasteiger partial charge in [-0.25, -0.2) is 18.4 Å². The van der Waals surface area contributed by atoms with Gasteiger partial charge in [-0.15, -0.1) is 0 Å². The zero-order chi connectivity index (χ0) is 15.8. The van der Waals surface area contributed by atoms with Crippen LogP contribution in [0.3, 0.4) is 0 Å². The van der Waals surface area contributed by atoms with E-state index in [1.807, 2.05) is 0 Å². The number of benzene rings is 1. The van der Waals surface area contributed by atoms with E-state index in [2.05, 4.69) is 21.2 Å². The molecule has 1 aliphatic heterocycles. The van der Waals surface area contributed by atoms with Gasteiger partial charge in [-0.05, 0) is 22.0 Å². The summed E-state index contributed by atoms with van der Waals surface area (Å²) in [6.07, 6.45) is 0.971. The zero-order valence-corrected chi connectivity index (χ0v) is 12.6. The Morgan fingerprint density at radius 1 is 1.19 bits per heavy atom. The molecule has 0 aliphatic carbocycles. The highest BCUT2D eigenvalue weighted by molar-refractivity contribution is 9.10. The second-order valence-corrected chi connectivity index (χ2v) is 5.42. The third-order valence-electron chi connectivity index (χ3n) is 2.48. The van der Waals surface area contributed by atoms with E-state index in [9.17, 15) is 18.4 Å². The Balaban J connectivity index is 2.26. The molecule has 1 saturated heterocycles. The van der Waals surface area contributed by atoms with Crippen LogP contribution in [0.25, 0.3) is 0 Å². The molecule has 1 aromatic rings. The zero-order valence-electron chi connectivity index (χ0n) is 11.0. The molecule has 5 nitrogen and oxygen atoms in total. The van der Waals surface area contributed by atoms with Gasteiger partial charge < -0.3 is 14.8 Å². The maximum absolute atomic E-state index is 13.3. The lowest BCUT2D eigenvalue weighted by Crippen LogP contribution is -2.42. The lowest BCUT2D eigenvalue weighted by molar-refractivity contribution is -0.222. The van der Waals surface area contributed by atoms with Crippen LogP contribution in [-0.4, -0.2) is 17.7 Å². The van der Waals surface area contributed by atoms with Gasteiger partial charge in [-0.2, -0.15) is 0 Å². The molecule has 0 amide bonds. The van der Waals surface area contributed by atoms with Gasteiger partial charge in [0.05, 0.1) is 10.2 Å². The van der Waals surface area contributed by atoms with E-state index in [4.69, 9.17) is 9.47 Å². The maximum atomic E-state index is 13.3. The summed E-state index contributed by atoms with van der Waals surface area (Å²) in [4.78, 5) is 23.3. The minimum Gasteiger partial charge on any atom is -0.419 e. The Morgan fingerprint density at radius 2 is 1.76 bits per heavy atom. The number of carbonyl (C=O) groups excluding carboxylic acids is 2. The fourth-order valence-electron chi connectivity index (χ4n) is 1.59. The van der Waals surface area contributed by atoms with Gasteiger partial charge in [0.15, 0.2) is 5.57 Å². The topological polar surface area (TPSA) is 64.6 Å². The number of ether oxygens (including phenoxy) is 2. The molecule has 1 N–H and O–H groups in total. The minimum atomic E-state index is -1.35. The highest BCUT2D eigenvalue weighted by atomic mass is 79.9. The highest BCUT2D eigenvalue weighted by Gasteiger charge is 2.38. The first-order chi connectivity index (χ1) is 9.69. The van der Waals surface area contributed by atoms with E-state index in [0.717, 1.165) is 12.3 Å². The molecule has 112 valence electrons. The van der Waals surface area contributed by atoms with Gasteiger partial charge in [0.2, 0.25) is 0 Å². The molecule has 0 unspecified atom stereocenters. The summed E-state index contributed by atoms with van der Waals surface area (Å²) in [6.45, 7) is 2.82. The summed E-state index contributed by atoms with van der Waals surface area (Å²) in [6, 6.07) is 1.68. The van der Waals surface area contributed by atoms with E-state index in [-0.39, 0.29) is 10.2 Å². The van der Waals surface area contributed by atoms with Crippen molar-refractivity contribution in [1.82, 2.24) is 0 Å². The summed E-state index contributed by atoms with van der Waals surface area (Å²) in [5.74, 6) is -4.78. The molecule has 1 aliphatic rings. The van der Waals surface area contributed by atoms with Crippen molar-refractivity contribution in [3.63, 3.8) is 0 Å². The van der Waals surface area contributed by atoms with Gasteiger partial charge in [-0.3, -0.25) is 0 Å². The molecule has 0 atom stereocenters. The molecule has 2 rings (SSSR count). The number of hydrogen-bond acceptors (Lipinski definition) is 5. The Hall–Kier alpha value is -1.96. The predicted octanol–water partition coefficient (Wildman–Crippen LogP) is 2.86. The summed E-state index contributed by atoms with van der Waals surface area (Å²) in [5, 5.41) is 2.46. The van der Waals surface area contributed by atoms with Crippen LogP contribution in [0, 0.1) is 11.6 Å². The van der Waals surface area contributed by atoms with Crippen LogP contribution in [0.15, 0.2) is 28.4 Å². The van der Waals surface area contributed by atoms with E-state index < -0.39 is 34.9 Å². The largest absolute Gasteiger partial charge is 0.419 e. The molecule has 0 bridgehead atoms. The second-order valence-electron chi connectivity index (χ2n) is 4.63. The fraction of sp³-hybridized carbons (Fsp3) is 0.231. The summed E-state index contributed by atoms with van der Waals surface area (Å²) in [7, 11) is 0. The van der Waals surface area contributed by atoms with Gasteiger partial charge in [-0.1, -0.05) is 0 Å². The third-order valence-corrected chi connectivity index (χ3v) is 3.29. The van der Waals surface area contributed by atoms with E-state index >= 15 is 0 Å². The summed E-state index contributed by atoms with van der Waals surface area (Å²) >= 11 is 2.92. The molecule has 21 heavy (non-hydrogen) atoms. The average molecular weight is 362 g/mol. The Labute approximate surface area is 127 Å². The van der Waals surface area contributed by atoms with Crippen LogP contribution in [-0.2, 0) is 19.1 Å². The number of carbonyl (C=O) groups is 2. The number of cyclic esters (lactones) is 2. The molecule has 0 radical (unpaired) electrons. The molecule has 0 spiro atoms. The Kier molecular flexibility index (Phi) is 3.99. The monoisotopic (exact) mass is 361 g/mol. The second kappa shape index (κ2) is 5.44. The van der Waals surface area contributed by atoms with Gasteiger partial charge >= 0.3 is 11.9 Å². The first kappa shape index (κ1) is 15.4. The molecule has 8 heteroatoms. The van der Waals surface area contributed by atoms with Crippen LogP contribution >= 0.6 is 15.9 Å². The first-order valence-electron chi connectivity index (χ1n) is 5.77. The maximum Gasteiger partial charge on any atom is 0.350 e. The molecular formula is C13H10BrF2NO4. The number of rotatable bonds is 2. The van der Waals surface area contributed by atoms with E-state index in [1.165, 1.54) is 13.8 Å². The highest BCUT2D eigenvalue weighted by Crippen LogP contribution is 2.28. The van der Waals surface area contributed by atoms with Gasteiger partial charge in [0.1, 0.15) is 11.6 Å². The number of nitrogens with one attached hydrogen (secondary N) is 1. The molecular weight excluding hydrogens is 352 g/mol. The molecule has 0 saturated carbocycles. The van der Waals surface area contributed by atoms with Crippen LogP contribution in [0.2, 0.25) is 0 Å². The van der Waals surface area contributed by atoms with Crippen molar-refractivity contribution < 1.29 is 27.8 Å². The van der Waals surface area contributed by atoms with E-state index in [0.29, 0.717) is 6.07 Å². The number of halogens is 3. The molecule has 1 aromatic carbocycles. The van der Waals surface area contributed by atoms with Gasteiger partial charge in [0, 0.05) is 26.1 Å². The summed E-state index contributed by atoms with van der Waals surface area (Å²) < 4.78 is 36.2. The summed E-state index contributed by atoms with van der Waals surface area (Å²) in [5.41, 5.74) is -0.406. The number of anilines is 1. The van der Waals surface area contributed by atoms with E-state index in [1.54, 1.807) is 0 Å². The molecule has 1 fully saturated rings. The van der Waals surface area contributed by atoms with Crippen LogP contribution in [0.5, 0.6) is 0 Å².